The minimum absolute atomic E-state index is 0.0440. The molecule has 1 aliphatic carbocycles. The van der Waals surface area contributed by atoms with E-state index in [1.165, 1.54) is 21.3 Å². The average molecular weight is 332 g/mol. The van der Waals surface area contributed by atoms with E-state index in [2.05, 4.69) is 10.6 Å². The molecule has 0 aromatic heterocycles. The van der Waals surface area contributed by atoms with Crippen molar-refractivity contribution in [2.24, 2.45) is 0 Å². The van der Waals surface area contributed by atoms with Crippen LogP contribution in [0.5, 0.6) is 17.2 Å². The molecule has 0 spiro atoms. The van der Waals surface area contributed by atoms with Gasteiger partial charge in [-0.05, 0) is 30.5 Å². The summed E-state index contributed by atoms with van der Waals surface area (Å²) in [5.41, 5.74) is 2.02. The number of nitrogens with one attached hydrogen (secondary N) is 2. The van der Waals surface area contributed by atoms with Gasteiger partial charge < -0.3 is 24.8 Å². The highest BCUT2D eigenvalue weighted by Gasteiger charge is 2.35. The van der Waals surface area contributed by atoms with Crippen molar-refractivity contribution in [2.45, 2.75) is 25.3 Å². The fraction of sp³-hybridized carbons (Fsp3) is 0.412. The third kappa shape index (κ3) is 2.66. The van der Waals surface area contributed by atoms with Gasteiger partial charge in [-0.1, -0.05) is 0 Å². The molecule has 0 saturated heterocycles. The number of benzene rings is 1. The smallest absolute Gasteiger partial charge is 0.319 e. The zero-order valence-corrected chi connectivity index (χ0v) is 13.9. The molecule has 1 aromatic rings. The molecule has 7 heteroatoms. The lowest BCUT2D eigenvalue weighted by Crippen LogP contribution is -2.46. The molecule has 7 nitrogen and oxygen atoms in total. The molecule has 2 N–H and O–H groups in total. The molecular formula is C17H20N2O5. The first kappa shape index (κ1) is 16.2. The minimum Gasteiger partial charge on any atom is -0.493 e. The predicted octanol–water partition coefficient (Wildman–Crippen LogP) is 2.07. The second-order valence-corrected chi connectivity index (χ2v) is 5.66. The maximum atomic E-state index is 12.4. The van der Waals surface area contributed by atoms with Crippen LogP contribution in [0.3, 0.4) is 0 Å². The Bertz CT molecular complexity index is 701. The summed E-state index contributed by atoms with van der Waals surface area (Å²) in [6.07, 6.45) is 1.92. The first-order chi connectivity index (χ1) is 11.6. The Morgan fingerprint density at radius 3 is 2.25 bits per heavy atom. The highest BCUT2D eigenvalue weighted by atomic mass is 16.5. The zero-order chi connectivity index (χ0) is 17.3. The molecule has 0 fully saturated rings. The average Bonchev–Trinajstić information content (AvgIpc) is 2.59. The Balaban J connectivity index is 2.13. The molecule has 1 unspecified atom stereocenters. The minimum atomic E-state index is -0.532. The van der Waals surface area contributed by atoms with Crippen LogP contribution < -0.4 is 24.8 Å². The fourth-order valence-corrected chi connectivity index (χ4v) is 3.22. The lowest BCUT2D eigenvalue weighted by atomic mass is 9.85. The van der Waals surface area contributed by atoms with E-state index < -0.39 is 6.04 Å². The molecule has 128 valence electrons. The van der Waals surface area contributed by atoms with Gasteiger partial charge in [0.2, 0.25) is 5.75 Å². The van der Waals surface area contributed by atoms with E-state index in [1.807, 2.05) is 0 Å². The van der Waals surface area contributed by atoms with Gasteiger partial charge in [-0.15, -0.1) is 0 Å². The number of hydrogen-bond acceptors (Lipinski definition) is 5. The molecule has 1 aromatic carbocycles. The zero-order valence-electron chi connectivity index (χ0n) is 13.9. The lowest BCUT2D eigenvalue weighted by molar-refractivity contribution is -0.116. The van der Waals surface area contributed by atoms with Gasteiger partial charge in [0.1, 0.15) is 0 Å². The molecule has 1 heterocycles. The lowest BCUT2D eigenvalue weighted by Gasteiger charge is -2.32. The van der Waals surface area contributed by atoms with E-state index >= 15 is 0 Å². The van der Waals surface area contributed by atoms with Gasteiger partial charge in [-0.2, -0.15) is 0 Å². The summed E-state index contributed by atoms with van der Waals surface area (Å²) in [4.78, 5) is 24.4. The molecule has 2 amide bonds. The number of carbonyl (C=O) groups excluding carboxylic acids is 2. The van der Waals surface area contributed by atoms with E-state index in [4.69, 9.17) is 14.2 Å². The second-order valence-electron chi connectivity index (χ2n) is 5.66. The van der Waals surface area contributed by atoms with Crippen LogP contribution in [0, 0.1) is 0 Å². The van der Waals surface area contributed by atoms with Gasteiger partial charge in [0, 0.05) is 17.7 Å². The molecule has 0 bridgehead atoms. The van der Waals surface area contributed by atoms with Crippen molar-refractivity contribution >= 4 is 11.8 Å². The van der Waals surface area contributed by atoms with Crippen molar-refractivity contribution in [1.29, 1.82) is 0 Å². The Morgan fingerprint density at radius 1 is 1.00 bits per heavy atom. The SMILES string of the molecule is COc1cc(C2NC(=O)NC3=C2C(=O)CCC3)cc(OC)c1OC. The van der Waals surface area contributed by atoms with Crippen molar-refractivity contribution in [3.05, 3.63) is 29.0 Å². The van der Waals surface area contributed by atoms with Crippen LogP contribution in [-0.2, 0) is 4.79 Å². The molecule has 1 atom stereocenters. The summed E-state index contributed by atoms with van der Waals surface area (Å²) in [6.45, 7) is 0. The number of ketones is 1. The molecule has 0 saturated carbocycles. The third-order valence-corrected chi connectivity index (χ3v) is 4.31. The Kier molecular flexibility index (Phi) is 4.33. The van der Waals surface area contributed by atoms with Crippen molar-refractivity contribution in [3.63, 3.8) is 0 Å². The highest BCUT2D eigenvalue weighted by molar-refractivity contribution is 6.01. The van der Waals surface area contributed by atoms with Crippen LogP contribution >= 0.6 is 0 Å². The monoisotopic (exact) mass is 332 g/mol. The first-order valence-electron chi connectivity index (χ1n) is 7.72. The fourth-order valence-electron chi connectivity index (χ4n) is 3.22. The number of urea groups is 1. The maximum Gasteiger partial charge on any atom is 0.319 e. The van der Waals surface area contributed by atoms with E-state index in [9.17, 15) is 9.59 Å². The summed E-state index contributed by atoms with van der Waals surface area (Å²) >= 11 is 0. The number of allylic oxidation sites excluding steroid dienone is 1. The number of amides is 2. The van der Waals surface area contributed by atoms with Crippen molar-refractivity contribution in [3.8, 4) is 17.2 Å². The highest BCUT2D eigenvalue weighted by Crippen LogP contribution is 2.42. The summed E-state index contributed by atoms with van der Waals surface area (Å²) in [6, 6.07) is 2.66. The van der Waals surface area contributed by atoms with Crippen LogP contribution in [0.1, 0.15) is 30.9 Å². The largest absolute Gasteiger partial charge is 0.493 e. The van der Waals surface area contributed by atoms with Gasteiger partial charge in [0.05, 0.1) is 27.4 Å². The van der Waals surface area contributed by atoms with E-state index in [1.54, 1.807) is 12.1 Å². The van der Waals surface area contributed by atoms with E-state index in [-0.39, 0.29) is 11.8 Å². The van der Waals surface area contributed by atoms with E-state index in [0.717, 1.165) is 6.42 Å². The maximum absolute atomic E-state index is 12.4. The van der Waals surface area contributed by atoms with Crippen LogP contribution in [0.2, 0.25) is 0 Å². The Morgan fingerprint density at radius 2 is 1.67 bits per heavy atom. The van der Waals surface area contributed by atoms with Crippen molar-refractivity contribution in [1.82, 2.24) is 10.6 Å². The summed E-state index contributed by atoms with van der Waals surface area (Å²) in [7, 11) is 4.58. The second kappa shape index (κ2) is 6.43. The Labute approximate surface area is 140 Å². The normalized spacial score (nSPS) is 20.0. The summed E-state index contributed by atoms with van der Waals surface area (Å²) in [5.74, 6) is 1.46. The molecule has 1 aliphatic heterocycles. The van der Waals surface area contributed by atoms with Crippen molar-refractivity contribution < 1.29 is 23.8 Å². The number of Topliss-reactive ketones (excluding diaryl/α,β-unsaturated/α-hetero) is 1. The molecule has 24 heavy (non-hydrogen) atoms. The molecule has 2 aliphatic rings. The van der Waals surface area contributed by atoms with Crippen LogP contribution in [-0.4, -0.2) is 33.1 Å². The topological polar surface area (TPSA) is 85.9 Å². The molecule has 3 rings (SSSR count). The van der Waals surface area contributed by atoms with Crippen LogP contribution in [0.15, 0.2) is 23.4 Å². The van der Waals surface area contributed by atoms with Crippen LogP contribution in [0.25, 0.3) is 0 Å². The number of ether oxygens (including phenoxy) is 3. The van der Waals surface area contributed by atoms with Gasteiger partial charge in [0.15, 0.2) is 17.3 Å². The standard InChI is InChI=1S/C17H20N2O5/c1-22-12-7-9(8-13(23-2)16(12)24-3)15-14-10(18-17(21)19-15)5-4-6-11(14)20/h7-8,15H,4-6H2,1-3H3,(H2,18,19,21). The van der Waals surface area contributed by atoms with Crippen molar-refractivity contribution in [2.75, 3.05) is 21.3 Å². The third-order valence-electron chi connectivity index (χ3n) is 4.31. The van der Waals surface area contributed by atoms with Gasteiger partial charge in [-0.25, -0.2) is 4.79 Å². The van der Waals surface area contributed by atoms with Gasteiger partial charge >= 0.3 is 6.03 Å². The number of rotatable bonds is 4. The summed E-state index contributed by atoms with van der Waals surface area (Å²) in [5, 5.41) is 5.57. The predicted molar refractivity (Wildman–Crippen MR) is 86.4 cm³/mol. The summed E-state index contributed by atoms with van der Waals surface area (Å²) < 4.78 is 16.1. The van der Waals surface area contributed by atoms with Gasteiger partial charge in [-0.3, -0.25) is 4.79 Å². The molecular weight excluding hydrogens is 312 g/mol. The number of carbonyl (C=O) groups is 2. The number of hydrogen-bond donors (Lipinski definition) is 2. The first-order valence-corrected chi connectivity index (χ1v) is 7.72. The molecule has 0 radical (unpaired) electrons. The van der Waals surface area contributed by atoms with Crippen LogP contribution in [0.4, 0.5) is 4.79 Å². The van der Waals surface area contributed by atoms with Gasteiger partial charge in [0.25, 0.3) is 0 Å². The van der Waals surface area contributed by atoms with E-state index in [0.29, 0.717) is 46.9 Å². The quantitative estimate of drug-likeness (QED) is 0.881. The number of methoxy groups -OCH3 is 3. The Hall–Kier alpha value is -2.70.